The lowest BCUT2D eigenvalue weighted by Crippen LogP contribution is -2.11. The molecule has 0 spiro atoms. The Morgan fingerprint density at radius 2 is 2.05 bits per heavy atom. The van der Waals surface area contributed by atoms with Crippen molar-refractivity contribution < 1.29 is 9.84 Å². The second-order valence-electron chi connectivity index (χ2n) is 4.01. The molecular weight excluding hydrogens is 240 g/mol. The van der Waals surface area contributed by atoms with E-state index in [4.69, 9.17) is 15.7 Å². The van der Waals surface area contributed by atoms with Crippen molar-refractivity contribution in [2.75, 3.05) is 13.2 Å². The molecule has 4 nitrogen and oxygen atoms in total. The molecule has 0 heterocycles. The van der Waals surface area contributed by atoms with Crippen molar-refractivity contribution in [2.45, 2.75) is 0 Å². The van der Waals surface area contributed by atoms with Gasteiger partial charge in [0.15, 0.2) is 0 Å². The first-order valence-electron chi connectivity index (χ1n) is 5.91. The molecule has 0 fully saturated rings. The molecule has 0 aliphatic heterocycles. The van der Waals surface area contributed by atoms with Crippen LogP contribution in [0, 0.1) is 11.3 Å². The summed E-state index contributed by atoms with van der Waals surface area (Å²) in [5.74, 6) is 0.819. The van der Waals surface area contributed by atoms with Gasteiger partial charge < -0.3 is 15.6 Å². The van der Waals surface area contributed by atoms with Gasteiger partial charge in [0, 0.05) is 12.1 Å². The predicted octanol–water partition coefficient (Wildman–Crippen LogP) is 2.27. The van der Waals surface area contributed by atoms with Crippen LogP contribution in [0.4, 0.5) is 0 Å². The van der Waals surface area contributed by atoms with Crippen LogP contribution in [0.25, 0.3) is 11.1 Å². The number of nitrogens with two attached hydrogens (primary N) is 1. The molecule has 4 heteroatoms. The molecule has 0 aromatic heterocycles. The lowest BCUT2D eigenvalue weighted by molar-refractivity contribution is 0.329. The minimum absolute atomic E-state index is 0.171. The van der Waals surface area contributed by atoms with Crippen LogP contribution in [0.15, 0.2) is 42.5 Å². The molecule has 3 N–H and O–H groups in total. The van der Waals surface area contributed by atoms with Crippen LogP contribution in [0.3, 0.4) is 0 Å². The van der Waals surface area contributed by atoms with E-state index in [1.54, 1.807) is 36.4 Å². The molecule has 2 aromatic carbocycles. The van der Waals surface area contributed by atoms with Gasteiger partial charge in [0.2, 0.25) is 0 Å². The van der Waals surface area contributed by atoms with E-state index >= 15 is 0 Å². The van der Waals surface area contributed by atoms with Crippen LogP contribution in [0.5, 0.6) is 11.5 Å². The average Bonchev–Trinajstić information content (AvgIpc) is 2.45. The van der Waals surface area contributed by atoms with Crippen molar-refractivity contribution in [3.8, 4) is 28.7 Å². The largest absolute Gasteiger partial charge is 0.508 e. The van der Waals surface area contributed by atoms with Crippen LogP contribution in [0.1, 0.15) is 5.56 Å². The molecule has 0 atom stereocenters. The van der Waals surface area contributed by atoms with E-state index in [1.807, 2.05) is 6.07 Å². The summed E-state index contributed by atoms with van der Waals surface area (Å²) in [5, 5.41) is 18.5. The summed E-state index contributed by atoms with van der Waals surface area (Å²) < 4.78 is 5.56. The lowest BCUT2D eigenvalue weighted by Gasteiger charge is -2.11. The molecule has 2 aromatic rings. The normalized spacial score (nSPS) is 9.89. The highest BCUT2D eigenvalue weighted by atomic mass is 16.5. The Kier molecular flexibility index (Phi) is 4.01. The zero-order valence-corrected chi connectivity index (χ0v) is 10.3. The molecule has 0 amide bonds. The van der Waals surface area contributed by atoms with E-state index in [0.29, 0.717) is 24.5 Å². The van der Waals surface area contributed by atoms with E-state index < -0.39 is 0 Å². The first kappa shape index (κ1) is 12.9. The molecule has 96 valence electrons. The van der Waals surface area contributed by atoms with E-state index in [0.717, 1.165) is 11.1 Å². The predicted molar refractivity (Wildman–Crippen MR) is 72.8 cm³/mol. The monoisotopic (exact) mass is 254 g/mol. The van der Waals surface area contributed by atoms with Gasteiger partial charge in [-0.15, -0.1) is 0 Å². The van der Waals surface area contributed by atoms with Gasteiger partial charge in [-0.2, -0.15) is 5.26 Å². The van der Waals surface area contributed by atoms with Crippen LogP contribution in [0.2, 0.25) is 0 Å². The lowest BCUT2D eigenvalue weighted by atomic mass is 10.0. The third kappa shape index (κ3) is 3.03. The first-order chi connectivity index (χ1) is 9.24. The number of phenols is 1. The van der Waals surface area contributed by atoms with Gasteiger partial charge in [0.1, 0.15) is 18.1 Å². The number of ether oxygens (including phenoxy) is 1. The molecule has 0 bridgehead atoms. The van der Waals surface area contributed by atoms with Crippen LogP contribution in [-0.2, 0) is 0 Å². The third-order valence-electron chi connectivity index (χ3n) is 2.64. The average molecular weight is 254 g/mol. The van der Waals surface area contributed by atoms with Crippen molar-refractivity contribution in [1.29, 1.82) is 5.26 Å². The van der Waals surface area contributed by atoms with Crippen LogP contribution < -0.4 is 10.5 Å². The van der Waals surface area contributed by atoms with Gasteiger partial charge >= 0.3 is 0 Å². The zero-order chi connectivity index (χ0) is 13.7. The number of hydrogen-bond acceptors (Lipinski definition) is 4. The molecule has 0 unspecified atom stereocenters. The quantitative estimate of drug-likeness (QED) is 0.877. The highest BCUT2D eigenvalue weighted by molar-refractivity contribution is 5.73. The number of benzene rings is 2. The molecular formula is C15H14N2O2. The van der Waals surface area contributed by atoms with Crippen LogP contribution >= 0.6 is 0 Å². The standard InChI is InChI=1S/C15H14N2O2/c16-6-7-19-15-5-4-11(10-17)8-14(15)12-2-1-3-13(18)9-12/h1-5,8-9,18H,6-7,16H2. The summed E-state index contributed by atoms with van der Waals surface area (Å²) in [6, 6.07) is 14.1. The third-order valence-corrected chi connectivity index (χ3v) is 2.64. The number of phenolic OH excluding ortho intramolecular Hbond substituents is 1. The second kappa shape index (κ2) is 5.89. The minimum atomic E-state index is 0.171. The smallest absolute Gasteiger partial charge is 0.127 e. The van der Waals surface area contributed by atoms with Crippen LogP contribution in [-0.4, -0.2) is 18.3 Å². The van der Waals surface area contributed by atoms with E-state index in [2.05, 4.69) is 6.07 Å². The Labute approximate surface area is 111 Å². The Hall–Kier alpha value is -2.51. The Morgan fingerprint density at radius 3 is 2.74 bits per heavy atom. The SMILES string of the molecule is N#Cc1ccc(OCCN)c(-c2cccc(O)c2)c1. The molecule has 19 heavy (non-hydrogen) atoms. The summed E-state index contributed by atoms with van der Waals surface area (Å²) >= 11 is 0. The van der Waals surface area contributed by atoms with Crippen molar-refractivity contribution in [2.24, 2.45) is 5.73 Å². The van der Waals surface area contributed by atoms with Crippen molar-refractivity contribution in [3.05, 3.63) is 48.0 Å². The topological polar surface area (TPSA) is 79.3 Å². The molecule has 0 saturated heterocycles. The van der Waals surface area contributed by atoms with E-state index in [-0.39, 0.29) is 5.75 Å². The zero-order valence-electron chi connectivity index (χ0n) is 10.3. The maximum absolute atomic E-state index is 9.54. The maximum Gasteiger partial charge on any atom is 0.127 e. The van der Waals surface area contributed by atoms with Crippen molar-refractivity contribution in [3.63, 3.8) is 0 Å². The summed E-state index contributed by atoms with van der Waals surface area (Å²) in [6.45, 7) is 0.817. The highest BCUT2D eigenvalue weighted by Crippen LogP contribution is 2.32. The molecule has 0 saturated carbocycles. The number of nitriles is 1. The fourth-order valence-electron chi connectivity index (χ4n) is 1.79. The van der Waals surface area contributed by atoms with Gasteiger partial charge in [-0.05, 0) is 35.9 Å². The number of rotatable bonds is 4. The molecule has 0 aliphatic rings. The summed E-state index contributed by atoms with van der Waals surface area (Å²) in [7, 11) is 0. The van der Waals surface area contributed by atoms with E-state index in [1.165, 1.54) is 0 Å². The molecule has 0 radical (unpaired) electrons. The fraction of sp³-hybridized carbons (Fsp3) is 0.133. The second-order valence-corrected chi connectivity index (χ2v) is 4.01. The van der Waals surface area contributed by atoms with Gasteiger partial charge in [0.05, 0.1) is 11.6 Å². The number of aromatic hydroxyl groups is 1. The van der Waals surface area contributed by atoms with Gasteiger partial charge in [-0.1, -0.05) is 12.1 Å². The van der Waals surface area contributed by atoms with Gasteiger partial charge in [-0.25, -0.2) is 0 Å². The summed E-state index contributed by atoms with van der Waals surface area (Å²) in [5.41, 5.74) is 7.53. The Morgan fingerprint density at radius 1 is 1.21 bits per heavy atom. The fourth-order valence-corrected chi connectivity index (χ4v) is 1.79. The highest BCUT2D eigenvalue weighted by Gasteiger charge is 2.08. The number of nitrogens with zero attached hydrogens (tertiary/aromatic N) is 1. The Balaban J connectivity index is 2.49. The summed E-state index contributed by atoms with van der Waals surface area (Å²) in [4.78, 5) is 0. The maximum atomic E-state index is 9.54. The number of hydrogen-bond donors (Lipinski definition) is 2. The Bertz CT molecular complexity index is 618. The van der Waals surface area contributed by atoms with Gasteiger partial charge in [0.25, 0.3) is 0 Å². The molecule has 0 aliphatic carbocycles. The minimum Gasteiger partial charge on any atom is -0.508 e. The summed E-state index contributed by atoms with van der Waals surface area (Å²) in [6.07, 6.45) is 0. The van der Waals surface area contributed by atoms with Gasteiger partial charge in [-0.3, -0.25) is 0 Å². The van der Waals surface area contributed by atoms with Crippen molar-refractivity contribution >= 4 is 0 Å². The van der Waals surface area contributed by atoms with Crippen molar-refractivity contribution in [1.82, 2.24) is 0 Å². The van der Waals surface area contributed by atoms with E-state index in [9.17, 15) is 5.11 Å². The first-order valence-corrected chi connectivity index (χ1v) is 5.91. The molecule has 2 rings (SSSR count).